The molecule has 0 unspecified atom stereocenters. The van der Waals surface area contributed by atoms with Crippen LogP contribution in [0.25, 0.3) is 6.08 Å². The van der Waals surface area contributed by atoms with E-state index in [0.717, 1.165) is 11.3 Å². The minimum atomic E-state index is -0.113. The summed E-state index contributed by atoms with van der Waals surface area (Å²) in [6.07, 6.45) is 3.46. The summed E-state index contributed by atoms with van der Waals surface area (Å²) in [5, 5.41) is 0. The number of methoxy groups -OCH3 is 1. The van der Waals surface area contributed by atoms with Gasteiger partial charge in [-0.15, -0.1) is 6.58 Å². The Labute approximate surface area is 186 Å². The lowest BCUT2D eigenvalue weighted by Gasteiger charge is -2.12. The fraction of sp³-hybridized carbons (Fsp3) is 0.217. The topological polar surface area (TPSA) is 48.0 Å². The van der Waals surface area contributed by atoms with E-state index < -0.39 is 0 Å². The standard InChI is InChI=1S/C23H23NO4S2/c1-4-11-24-22(25)21(30-23(24)29)15-17-7-10-19(20(14-17)26-3)28-13-12-27-18-8-5-16(2)6-9-18/h4-10,14-15H,1,11-13H2,2-3H3. The molecule has 1 heterocycles. The van der Waals surface area contributed by atoms with E-state index in [2.05, 4.69) is 6.58 Å². The van der Waals surface area contributed by atoms with Gasteiger partial charge >= 0.3 is 0 Å². The number of carbonyl (C=O) groups is 1. The second kappa shape index (κ2) is 10.3. The third kappa shape index (κ3) is 5.43. The predicted molar refractivity (Wildman–Crippen MR) is 125 cm³/mol. The van der Waals surface area contributed by atoms with Crippen molar-refractivity contribution in [1.29, 1.82) is 0 Å². The Balaban J connectivity index is 1.62. The molecule has 1 saturated heterocycles. The van der Waals surface area contributed by atoms with Crippen LogP contribution >= 0.6 is 24.0 Å². The number of hydrogen-bond acceptors (Lipinski definition) is 6. The highest BCUT2D eigenvalue weighted by atomic mass is 32.2. The first-order chi connectivity index (χ1) is 14.5. The van der Waals surface area contributed by atoms with Crippen LogP contribution in [0.2, 0.25) is 0 Å². The van der Waals surface area contributed by atoms with E-state index in [0.29, 0.717) is 40.5 Å². The van der Waals surface area contributed by atoms with Crippen LogP contribution in [0, 0.1) is 6.92 Å². The van der Waals surface area contributed by atoms with Gasteiger partial charge in [0, 0.05) is 6.54 Å². The number of carbonyl (C=O) groups excluding carboxylic acids is 1. The summed E-state index contributed by atoms with van der Waals surface area (Å²) >= 11 is 6.55. The van der Waals surface area contributed by atoms with Gasteiger partial charge in [0.1, 0.15) is 23.3 Å². The lowest BCUT2D eigenvalue weighted by atomic mass is 10.2. The van der Waals surface area contributed by atoms with Gasteiger partial charge in [0.25, 0.3) is 5.91 Å². The molecule has 30 heavy (non-hydrogen) atoms. The Bertz CT molecular complexity index is 970. The summed E-state index contributed by atoms with van der Waals surface area (Å²) in [4.78, 5) is 14.6. The molecule has 1 aliphatic rings. The van der Waals surface area contributed by atoms with Crippen LogP contribution in [-0.4, -0.2) is 42.0 Å². The summed E-state index contributed by atoms with van der Waals surface area (Å²) in [5.41, 5.74) is 2.01. The summed E-state index contributed by atoms with van der Waals surface area (Å²) < 4.78 is 17.5. The van der Waals surface area contributed by atoms with E-state index in [1.807, 2.05) is 49.4 Å². The number of thiocarbonyl (C=S) groups is 1. The predicted octanol–water partition coefficient (Wildman–Crippen LogP) is 4.85. The smallest absolute Gasteiger partial charge is 0.266 e. The molecular formula is C23H23NO4S2. The van der Waals surface area contributed by atoms with Crippen molar-refractivity contribution in [2.24, 2.45) is 0 Å². The van der Waals surface area contributed by atoms with Crippen molar-refractivity contribution >= 4 is 40.3 Å². The SMILES string of the molecule is C=CCN1C(=O)C(=Cc2ccc(OCCOc3ccc(C)cc3)c(OC)c2)SC1=S. The van der Waals surface area contributed by atoms with Gasteiger partial charge in [0.15, 0.2) is 11.5 Å². The van der Waals surface area contributed by atoms with Crippen LogP contribution < -0.4 is 14.2 Å². The van der Waals surface area contributed by atoms with Gasteiger partial charge in [-0.2, -0.15) is 0 Å². The average Bonchev–Trinajstić information content (AvgIpc) is 3.00. The molecule has 2 aromatic carbocycles. The monoisotopic (exact) mass is 441 g/mol. The molecule has 0 atom stereocenters. The van der Waals surface area contributed by atoms with Crippen molar-refractivity contribution in [3.05, 3.63) is 71.2 Å². The highest BCUT2D eigenvalue weighted by Gasteiger charge is 2.30. The lowest BCUT2D eigenvalue weighted by Crippen LogP contribution is -2.27. The van der Waals surface area contributed by atoms with Crippen molar-refractivity contribution in [1.82, 2.24) is 4.90 Å². The van der Waals surface area contributed by atoms with E-state index in [4.69, 9.17) is 26.4 Å². The van der Waals surface area contributed by atoms with Gasteiger partial charge in [0.2, 0.25) is 0 Å². The molecule has 0 radical (unpaired) electrons. The zero-order chi connectivity index (χ0) is 21.5. The van der Waals surface area contributed by atoms with Crippen LogP contribution in [0.4, 0.5) is 0 Å². The Hall–Kier alpha value is -2.77. The molecule has 3 rings (SSSR count). The van der Waals surface area contributed by atoms with Crippen molar-refractivity contribution < 1.29 is 19.0 Å². The van der Waals surface area contributed by atoms with Crippen LogP contribution in [0.3, 0.4) is 0 Å². The number of ether oxygens (including phenoxy) is 3. The van der Waals surface area contributed by atoms with Crippen LogP contribution in [-0.2, 0) is 4.79 Å². The number of amides is 1. The maximum absolute atomic E-state index is 12.5. The Morgan fingerprint density at radius 2 is 1.83 bits per heavy atom. The number of benzene rings is 2. The number of rotatable bonds is 9. The Kier molecular flexibility index (Phi) is 7.54. The van der Waals surface area contributed by atoms with Gasteiger partial charge < -0.3 is 14.2 Å². The van der Waals surface area contributed by atoms with Gasteiger partial charge in [-0.3, -0.25) is 9.69 Å². The molecule has 1 aliphatic heterocycles. The van der Waals surface area contributed by atoms with E-state index in [1.165, 1.54) is 22.2 Å². The van der Waals surface area contributed by atoms with Crippen LogP contribution in [0.5, 0.6) is 17.2 Å². The highest BCUT2D eigenvalue weighted by Crippen LogP contribution is 2.34. The van der Waals surface area contributed by atoms with Crippen molar-refractivity contribution in [2.45, 2.75) is 6.92 Å². The molecule has 156 valence electrons. The third-order valence-electron chi connectivity index (χ3n) is 4.30. The summed E-state index contributed by atoms with van der Waals surface area (Å²) in [6, 6.07) is 13.4. The molecule has 7 heteroatoms. The first-order valence-electron chi connectivity index (χ1n) is 9.38. The van der Waals surface area contributed by atoms with Crippen LogP contribution in [0.15, 0.2) is 60.0 Å². The van der Waals surface area contributed by atoms with Crippen molar-refractivity contribution in [2.75, 3.05) is 26.9 Å². The first kappa shape index (κ1) is 21.9. The quantitative estimate of drug-likeness (QED) is 0.240. The summed E-state index contributed by atoms with van der Waals surface area (Å²) in [6.45, 7) is 6.90. The molecule has 0 aliphatic carbocycles. The molecule has 2 aromatic rings. The Morgan fingerprint density at radius 1 is 1.10 bits per heavy atom. The maximum atomic E-state index is 12.5. The second-order valence-corrected chi connectivity index (χ2v) is 8.18. The van der Waals surface area contributed by atoms with Gasteiger partial charge in [0.05, 0.1) is 12.0 Å². The van der Waals surface area contributed by atoms with E-state index in [9.17, 15) is 4.79 Å². The summed E-state index contributed by atoms with van der Waals surface area (Å²) in [7, 11) is 1.58. The fourth-order valence-corrected chi connectivity index (χ4v) is 4.05. The van der Waals surface area contributed by atoms with Gasteiger partial charge in [-0.25, -0.2) is 0 Å². The molecule has 0 saturated carbocycles. The van der Waals surface area contributed by atoms with Gasteiger partial charge in [-0.1, -0.05) is 53.8 Å². The number of nitrogens with zero attached hydrogens (tertiary/aromatic N) is 1. The molecular weight excluding hydrogens is 418 g/mol. The Morgan fingerprint density at radius 3 is 2.53 bits per heavy atom. The molecule has 0 bridgehead atoms. The van der Waals surface area contributed by atoms with Gasteiger partial charge in [-0.05, 0) is 42.8 Å². The largest absolute Gasteiger partial charge is 0.493 e. The first-order valence-corrected chi connectivity index (χ1v) is 10.6. The minimum Gasteiger partial charge on any atom is -0.493 e. The van der Waals surface area contributed by atoms with Crippen LogP contribution in [0.1, 0.15) is 11.1 Å². The zero-order valence-corrected chi connectivity index (χ0v) is 18.6. The normalized spacial score (nSPS) is 14.9. The minimum absolute atomic E-state index is 0.113. The number of thioether (sulfide) groups is 1. The number of hydrogen-bond donors (Lipinski definition) is 0. The molecule has 5 nitrogen and oxygen atoms in total. The molecule has 0 N–H and O–H groups in total. The zero-order valence-electron chi connectivity index (χ0n) is 16.9. The van der Waals surface area contributed by atoms with Crippen molar-refractivity contribution in [3.8, 4) is 17.2 Å². The summed E-state index contributed by atoms with van der Waals surface area (Å²) in [5.74, 6) is 1.89. The van der Waals surface area contributed by atoms with E-state index in [-0.39, 0.29) is 5.91 Å². The molecule has 0 aromatic heterocycles. The maximum Gasteiger partial charge on any atom is 0.266 e. The third-order valence-corrected chi connectivity index (χ3v) is 5.68. The molecule has 1 fully saturated rings. The van der Waals surface area contributed by atoms with E-state index >= 15 is 0 Å². The second-order valence-electron chi connectivity index (χ2n) is 6.50. The lowest BCUT2D eigenvalue weighted by molar-refractivity contribution is -0.121. The average molecular weight is 442 g/mol. The number of aryl methyl sites for hydroxylation is 1. The molecule has 0 spiro atoms. The molecule has 1 amide bonds. The highest BCUT2D eigenvalue weighted by molar-refractivity contribution is 8.26. The fourth-order valence-electron chi connectivity index (χ4n) is 2.78. The van der Waals surface area contributed by atoms with E-state index in [1.54, 1.807) is 19.3 Å². The van der Waals surface area contributed by atoms with Crippen molar-refractivity contribution in [3.63, 3.8) is 0 Å².